The van der Waals surface area contributed by atoms with Gasteiger partial charge in [0.25, 0.3) is 0 Å². The summed E-state index contributed by atoms with van der Waals surface area (Å²) in [7, 11) is 0. The maximum Gasteiger partial charge on any atom is 0.230 e. The van der Waals surface area contributed by atoms with Crippen LogP contribution in [-0.4, -0.2) is 30.1 Å². The molecule has 0 spiro atoms. The lowest BCUT2D eigenvalue weighted by atomic mass is 9.85. The Balaban J connectivity index is 1.96. The molecule has 0 bridgehead atoms. The van der Waals surface area contributed by atoms with E-state index in [1.807, 2.05) is 32.0 Å². The first-order valence-corrected chi connectivity index (χ1v) is 6.06. The van der Waals surface area contributed by atoms with E-state index in [0.717, 1.165) is 11.4 Å². The van der Waals surface area contributed by atoms with Crippen molar-refractivity contribution >= 4 is 5.91 Å². The summed E-state index contributed by atoms with van der Waals surface area (Å²) in [5.74, 6) is -0.0733. The molecule has 0 aliphatic carbocycles. The number of aryl methyl sites for hydroxylation is 1. The fraction of sp³-hybridized carbons (Fsp3) is 0.538. The van der Waals surface area contributed by atoms with E-state index in [9.17, 15) is 4.79 Å². The van der Waals surface area contributed by atoms with Gasteiger partial charge in [0.1, 0.15) is 0 Å². The van der Waals surface area contributed by atoms with Crippen LogP contribution in [0.4, 0.5) is 0 Å². The van der Waals surface area contributed by atoms with Crippen LogP contribution < -0.4 is 11.1 Å². The molecule has 2 heterocycles. The zero-order chi connectivity index (χ0) is 13.2. The fourth-order valence-electron chi connectivity index (χ4n) is 1.99. The molecule has 1 aromatic heterocycles. The Morgan fingerprint density at radius 1 is 1.67 bits per heavy atom. The van der Waals surface area contributed by atoms with E-state index in [0.29, 0.717) is 19.8 Å². The largest absolute Gasteiger partial charge is 0.379 e. The number of carbonyl (C=O) groups is 1. The Labute approximate surface area is 107 Å². The van der Waals surface area contributed by atoms with E-state index in [1.54, 1.807) is 0 Å². The number of hydrogen-bond acceptors (Lipinski definition) is 4. The minimum Gasteiger partial charge on any atom is -0.379 e. The highest BCUT2D eigenvalue weighted by Crippen LogP contribution is 2.27. The van der Waals surface area contributed by atoms with Gasteiger partial charge in [-0.3, -0.25) is 9.78 Å². The maximum absolute atomic E-state index is 12.1. The third kappa shape index (κ3) is 2.52. The predicted octanol–water partition coefficient (Wildman–Crippen LogP) is 0.370. The lowest BCUT2D eigenvalue weighted by Crippen LogP contribution is -2.49. The molecule has 1 aliphatic heterocycles. The summed E-state index contributed by atoms with van der Waals surface area (Å²) in [5.41, 5.74) is 7.06. The molecule has 0 aromatic carbocycles. The molecular weight excluding hydrogens is 230 g/mol. The smallest absolute Gasteiger partial charge is 0.230 e. The Kier molecular flexibility index (Phi) is 3.63. The second-order valence-electron chi connectivity index (χ2n) is 4.99. The molecule has 2 rings (SSSR count). The molecule has 1 aromatic rings. The van der Waals surface area contributed by atoms with E-state index < -0.39 is 5.41 Å². The van der Waals surface area contributed by atoms with Crippen molar-refractivity contribution in [3.05, 3.63) is 29.6 Å². The monoisotopic (exact) mass is 249 g/mol. The molecule has 5 nitrogen and oxygen atoms in total. The quantitative estimate of drug-likeness (QED) is 0.811. The first kappa shape index (κ1) is 13.0. The first-order valence-electron chi connectivity index (χ1n) is 6.06. The molecule has 5 heteroatoms. The summed E-state index contributed by atoms with van der Waals surface area (Å²) >= 11 is 0. The third-order valence-corrected chi connectivity index (χ3v) is 3.41. The van der Waals surface area contributed by atoms with Gasteiger partial charge in [-0.15, -0.1) is 0 Å². The normalized spacial score (nSPS) is 27.2. The average Bonchev–Trinajstić information content (AvgIpc) is 2.68. The standard InChI is InChI=1S/C13H19N3O2/c1-9-4-3-5-10(16-9)6-15-12(17)13(2)8-18-7-11(13)14/h3-5,11H,6-8,14H2,1-2H3,(H,15,17). The van der Waals surface area contributed by atoms with Crippen molar-refractivity contribution in [2.45, 2.75) is 26.4 Å². The van der Waals surface area contributed by atoms with Gasteiger partial charge in [0.2, 0.25) is 5.91 Å². The van der Waals surface area contributed by atoms with Gasteiger partial charge < -0.3 is 15.8 Å². The minimum absolute atomic E-state index is 0.0733. The number of hydrogen-bond donors (Lipinski definition) is 2. The van der Waals surface area contributed by atoms with Crippen molar-refractivity contribution in [1.82, 2.24) is 10.3 Å². The fourth-order valence-corrected chi connectivity index (χ4v) is 1.99. The van der Waals surface area contributed by atoms with Crippen molar-refractivity contribution in [3.63, 3.8) is 0 Å². The van der Waals surface area contributed by atoms with E-state index in [2.05, 4.69) is 10.3 Å². The second-order valence-corrected chi connectivity index (χ2v) is 4.99. The van der Waals surface area contributed by atoms with E-state index >= 15 is 0 Å². The van der Waals surface area contributed by atoms with Gasteiger partial charge in [0.15, 0.2) is 0 Å². The van der Waals surface area contributed by atoms with Crippen molar-refractivity contribution in [2.75, 3.05) is 13.2 Å². The van der Waals surface area contributed by atoms with Gasteiger partial charge >= 0.3 is 0 Å². The lowest BCUT2D eigenvalue weighted by molar-refractivity contribution is -0.130. The summed E-state index contributed by atoms with van der Waals surface area (Å²) in [6.07, 6.45) is 0. The number of aromatic nitrogens is 1. The molecule has 0 radical (unpaired) electrons. The van der Waals surface area contributed by atoms with Crippen LogP contribution in [0.1, 0.15) is 18.3 Å². The summed E-state index contributed by atoms with van der Waals surface area (Å²) in [6, 6.07) is 5.49. The zero-order valence-corrected chi connectivity index (χ0v) is 10.8. The van der Waals surface area contributed by atoms with E-state index in [-0.39, 0.29) is 11.9 Å². The Bertz CT molecular complexity index is 450. The van der Waals surface area contributed by atoms with Crippen molar-refractivity contribution in [1.29, 1.82) is 0 Å². The van der Waals surface area contributed by atoms with Crippen molar-refractivity contribution in [2.24, 2.45) is 11.1 Å². The van der Waals surface area contributed by atoms with Gasteiger partial charge in [-0.2, -0.15) is 0 Å². The predicted molar refractivity (Wildman–Crippen MR) is 67.7 cm³/mol. The van der Waals surface area contributed by atoms with Gasteiger partial charge in [-0.25, -0.2) is 0 Å². The second kappa shape index (κ2) is 5.04. The molecule has 98 valence electrons. The molecular formula is C13H19N3O2. The Hall–Kier alpha value is -1.46. The topological polar surface area (TPSA) is 77.2 Å². The molecule has 3 N–H and O–H groups in total. The SMILES string of the molecule is Cc1cccc(CNC(=O)C2(C)COCC2N)n1. The van der Waals surface area contributed by atoms with Crippen LogP contribution in [0.15, 0.2) is 18.2 Å². The van der Waals surface area contributed by atoms with Crippen LogP contribution in [0, 0.1) is 12.3 Å². The van der Waals surface area contributed by atoms with Gasteiger partial charge in [-0.1, -0.05) is 6.07 Å². The number of pyridine rings is 1. The van der Waals surface area contributed by atoms with E-state index in [4.69, 9.17) is 10.5 Å². The molecule has 0 saturated carbocycles. The van der Waals surface area contributed by atoms with Crippen LogP contribution in [0.5, 0.6) is 0 Å². The van der Waals surface area contributed by atoms with Gasteiger partial charge in [0, 0.05) is 11.7 Å². The highest BCUT2D eigenvalue weighted by Gasteiger charge is 2.44. The molecule has 1 saturated heterocycles. The highest BCUT2D eigenvalue weighted by atomic mass is 16.5. The summed E-state index contributed by atoms with van der Waals surface area (Å²) in [5, 5.41) is 2.88. The minimum atomic E-state index is -0.635. The Morgan fingerprint density at radius 2 is 2.44 bits per heavy atom. The van der Waals surface area contributed by atoms with Crippen molar-refractivity contribution in [3.8, 4) is 0 Å². The third-order valence-electron chi connectivity index (χ3n) is 3.41. The number of rotatable bonds is 3. The highest BCUT2D eigenvalue weighted by molar-refractivity contribution is 5.83. The molecule has 18 heavy (non-hydrogen) atoms. The van der Waals surface area contributed by atoms with E-state index in [1.165, 1.54) is 0 Å². The first-order chi connectivity index (χ1) is 8.52. The molecule has 1 fully saturated rings. The lowest BCUT2D eigenvalue weighted by Gasteiger charge is -2.25. The van der Waals surface area contributed by atoms with Crippen LogP contribution >= 0.6 is 0 Å². The van der Waals surface area contributed by atoms with Gasteiger partial charge in [-0.05, 0) is 26.0 Å². The maximum atomic E-state index is 12.1. The summed E-state index contributed by atoms with van der Waals surface area (Å²) in [6.45, 7) is 4.99. The van der Waals surface area contributed by atoms with Crippen LogP contribution in [0.25, 0.3) is 0 Å². The number of nitrogens with zero attached hydrogens (tertiary/aromatic N) is 1. The van der Waals surface area contributed by atoms with Crippen LogP contribution in [-0.2, 0) is 16.1 Å². The number of amides is 1. The number of nitrogens with one attached hydrogen (secondary N) is 1. The molecule has 2 atom stereocenters. The number of carbonyl (C=O) groups excluding carboxylic acids is 1. The van der Waals surface area contributed by atoms with Crippen LogP contribution in [0.3, 0.4) is 0 Å². The Morgan fingerprint density at radius 3 is 3.06 bits per heavy atom. The summed E-state index contributed by atoms with van der Waals surface area (Å²) in [4.78, 5) is 16.5. The van der Waals surface area contributed by atoms with Crippen LogP contribution in [0.2, 0.25) is 0 Å². The molecule has 1 amide bonds. The molecule has 2 unspecified atom stereocenters. The average molecular weight is 249 g/mol. The summed E-state index contributed by atoms with van der Waals surface area (Å²) < 4.78 is 5.26. The van der Waals surface area contributed by atoms with Gasteiger partial charge in [0.05, 0.1) is 30.9 Å². The number of nitrogens with two attached hydrogens (primary N) is 1. The molecule has 1 aliphatic rings. The van der Waals surface area contributed by atoms with Crippen molar-refractivity contribution < 1.29 is 9.53 Å². The zero-order valence-electron chi connectivity index (χ0n) is 10.8. The number of ether oxygens (including phenoxy) is 1.